The molecule has 0 radical (unpaired) electrons. The standard InChI is InChI=1S/C15H19BrN4/c1-19-8-6-11(7-9-19)20(2)15-12-4-3-5-13(16)14(12)17-10-18-15/h3-5,10-11H,6-9H2,1-2H3. The Balaban J connectivity index is 1.95. The first kappa shape index (κ1) is 13.8. The van der Waals surface area contributed by atoms with E-state index in [-0.39, 0.29) is 0 Å². The molecule has 1 aliphatic heterocycles. The number of fused-ring (bicyclic) bond motifs is 1. The van der Waals surface area contributed by atoms with Gasteiger partial charge in [0.05, 0.1) is 5.52 Å². The van der Waals surface area contributed by atoms with Crippen molar-refractivity contribution in [2.45, 2.75) is 18.9 Å². The maximum absolute atomic E-state index is 4.52. The molecular formula is C15H19BrN4. The summed E-state index contributed by atoms with van der Waals surface area (Å²) in [4.78, 5) is 13.6. The lowest BCUT2D eigenvalue weighted by atomic mass is 10.0. The summed E-state index contributed by atoms with van der Waals surface area (Å²) in [5, 5.41) is 1.11. The summed E-state index contributed by atoms with van der Waals surface area (Å²) in [6.07, 6.45) is 4.03. The van der Waals surface area contributed by atoms with Crippen LogP contribution in [-0.2, 0) is 0 Å². The van der Waals surface area contributed by atoms with Crippen molar-refractivity contribution in [2.24, 2.45) is 0 Å². The fourth-order valence-electron chi connectivity index (χ4n) is 2.87. The highest BCUT2D eigenvalue weighted by Crippen LogP contribution is 2.29. The Labute approximate surface area is 127 Å². The summed E-state index contributed by atoms with van der Waals surface area (Å²) >= 11 is 3.57. The molecule has 1 saturated heterocycles. The van der Waals surface area contributed by atoms with Crippen molar-refractivity contribution in [3.05, 3.63) is 29.0 Å². The number of nitrogens with zero attached hydrogens (tertiary/aromatic N) is 4. The number of rotatable bonds is 2. The molecule has 5 heteroatoms. The molecule has 1 aromatic carbocycles. The van der Waals surface area contributed by atoms with Crippen LogP contribution in [0.5, 0.6) is 0 Å². The number of anilines is 1. The largest absolute Gasteiger partial charge is 0.356 e. The van der Waals surface area contributed by atoms with Gasteiger partial charge in [-0.25, -0.2) is 9.97 Å². The maximum atomic E-state index is 4.52. The number of hydrogen-bond acceptors (Lipinski definition) is 4. The van der Waals surface area contributed by atoms with Crippen molar-refractivity contribution in [2.75, 3.05) is 32.1 Å². The highest BCUT2D eigenvalue weighted by Gasteiger charge is 2.22. The van der Waals surface area contributed by atoms with Crippen molar-refractivity contribution < 1.29 is 0 Å². The lowest BCUT2D eigenvalue weighted by Crippen LogP contribution is -2.42. The van der Waals surface area contributed by atoms with E-state index in [4.69, 9.17) is 0 Å². The predicted octanol–water partition coefficient (Wildman–Crippen LogP) is 2.92. The highest BCUT2D eigenvalue weighted by molar-refractivity contribution is 9.10. The first-order valence-corrected chi connectivity index (χ1v) is 7.76. The van der Waals surface area contributed by atoms with Crippen LogP contribution in [-0.4, -0.2) is 48.1 Å². The summed E-state index contributed by atoms with van der Waals surface area (Å²) in [6, 6.07) is 6.72. The van der Waals surface area contributed by atoms with E-state index in [9.17, 15) is 0 Å². The quantitative estimate of drug-likeness (QED) is 0.845. The number of likely N-dealkylation sites (tertiary alicyclic amines) is 1. The molecule has 106 valence electrons. The van der Waals surface area contributed by atoms with Gasteiger partial charge in [-0.1, -0.05) is 6.07 Å². The molecule has 0 amide bonds. The van der Waals surface area contributed by atoms with E-state index in [1.165, 1.54) is 12.8 Å². The van der Waals surface area contributed by atoms with Crippen molar-refractivity contribution in [3.63, 3.8) is 0 Å². The third kappa shape index (κ3) is 2.52. The van der Waals surface area contributed by atoms with Crippen LogP contribution in [0, 0.1) is 0 Å². The second-order valence-corrected chi connectivity index (χ2v) is 6.33. The summed E-state index contributed by atoms with van der Waals surface area (Å²) in [5.41, 5.74) is 0.984. The lowest BCUT2D eigenvalue weighted by Gasteiger charge is -2.36. The van der Waals surface area contributed by atoms with Gasteiger partial charge in [0.25, 0.3) is 0 Å². The Kier molecular flexibility index (Phi) is 3.89. The molecule has 0 spiro atoms. The van der Waals surface area contributed by atoms with Crippen LogP contribution in [0.1, 0.15) is 12.8 Å². The SMILES string of the molecule is CN1CCC(N(C)c2ncnc3c(Br)cccc23)CC1. The number of benzene rings is 1. The Morgan fingerprint density at radius 3 is 2.75 bits per heavy atom. The van der Waals surface area contributed by atoms with E-state index >= 15 is 0 Å². The fourth-order valence-corrected chi connectivity index (χ4v) is 3.34. The van der Waals surface area contributed by atoms with E-state index in [0.717, 1.165) is 34.3 Å². The van der Waals surface area contributed by atoms with Gasteiger partial charge in [-0.05, 0) is 61.0 Å². The molecule has 0 N–H and O–H groups in total. The number of hydrogen-bond donors (Lipinski definition) is 0. The van der Waals surface area contributed by atoms with Gasteiger partial charge < -0.3 is 9.80 Å². The molecule has 20 heavy (non-hydrogen) atoms. The minimum Gasteiger partial charge on any atom is -0.356 e. The normalized spacial score (nSPS) is 17.6. The van der Waals surface area contributed by atoms with E-state index in [1.54, 1.807) is 6.33 Å². The molecule has 1 aliphatic rings. The monoisotopic (exact) mass is 334 g/mol. The van der Waals surface area contributed by atoms with Gasteiger partial charge in [0.15, 0.2) is 0 Å². The zero-order chi connectivity index (χ0) is 14.1. The molecule has 2 heterocycles. The molecule has 0 saturated carbocycles. The second-order valence-electron chi connectivity index (χ2n) is 5.48. The number of para-hydroxylation sites is 1. The third-order valence-electron chi connectivity index (χ3n) is 4.16. The first-order valence-electron chi connectivity index (χ1n) is 6.97. The molecule has 3 rings (SSSR count). The maximum Gasteiger partial charge on any atom is 0.139 e. The molecule has 1 fully saturated rings. The van der Waals surface area contributed by atoms with Crippen LogP contribution in [0.15, 0.2) is 29.0 Å². The van der Waals surface area contributed by atoms with E-state index in [2.05, 4.69) is 55.9 Å². The van der Waals surface area contributed by atoms with Crippen LogP contribution < -0.4 is 4.90 Å². The van der Waals surface area contributed by atoms with Gasteiger partial charge in [-0.3, -0.25) is 0 Å². The van der Waals surface area contributed by atoms with Crippen LogP contribution in [0.25, 0.3) is 10.9 Å². The van der Waals surface area contributed by atoms with Gasteiger partial charge in [-0.2, -0.15) is 0 Å². The number of halogens is 1. The molecule has 0 unspecified atom stereocenters. The van der Waals surface area contributed by atoms with Crippen molar-refractivity contribution in [1.29, 1.82) is 0 Å². The summed E-state index contributed by atoms with van der Waals surface area (Å²) < 4.78 is 1.02. The lowest BCUT2D eigenvalue weighted by molar-refractivity contribution is 0.252. The van der Waals surface area contributed by atoms with Crippen LogP contribution in [0.3, 0.4) is 0 Å². The topological polar surface area (TPSA) is 32.3 Å². The Bertz CT molecular complexity index is 608. The molecule has 4 nitrogen and oxygen atoms in total. The molecular weight excluding hydrogens is 316 g/mol. The van der Waals surface area contributed by atoms with Crippen molar-refractivity contribution in [3.8, 4) is 0 Å². The Hall–Kier alpha value is -1.20. The molecule has 0 aliphatic carbocycles. The fraction of sp³-hybridized carbons (Fsp3) is 0.467. The minimum absolute atomic E-state index is 0.559. The smallest absolute Gasteiger partial charge is 0.139 e. The molecule has 1 aromatic heterocycles. The van der Waals surface area contributed by atoms with Crippen LogP contribution >= 0.6 is 15.9 Å². The number of piperidine rings is 1. The number of aromatic nitrogens is 2. The minimum atomic E-state index is 0.559. The van der Waals surface area contributed by atoms with Gasteiger partial charge in [0.1, 0.15) is 12.1 Å². The van der Waals surface area contributed by atoms with Crippen molar-refractivity contribution >= 4 is 32.7 Å². The Morgan fingerprint density at radius 1 is 1.25 bits per heavy atom. The third-order valence-corrected chi connectivity index (χ3v) is 4.80. The van der Waals surface area contributed by atoms with E-state index in [0.29, 0.717) is 6.04 Å². The summed E-state index contributed by atoms with van der Waals surface area (Å²) in [7, 11) is 4.34. The van der Waals surface area contributed by atoms with Gasteiger partial charge in [0, 0.05) is 22.9 Å². The van der Waals surface area contributed by atoms with Gasteiger partial charge in [0.2, 0.25) is 0 Å². The van der Waals surface area contributed by atoms with Gasteiger partial charge in [-0.15, -0.1) is 0 Å². The Morgan fingerprint density at radius 2 is 2.00 bits per heavy atom. The average molecular weight is 335 g/mol. The zero-order valence-corrected chi connectivity index (χ0v) is 13.5. The molecule has 0 bridgehead atoms. The van der Waals surface area contributed by atoms with E-state index < -0.39 is 0 Å². The van der Waals surface area contributed by atoms with Crippen LogP contribution in [0.2, 0.25) is 0 Å². The van der Waals surface area contributed by atoms with Crippen LogP contribution in [0.4, 0.5) is 5.82 Å². The first-order chi connectivity index (χ1) is 9.66. The van der Waals surface area contributed by atoms with Gasteiger partial charge >= 0.3 is 0 Å². The predicted molar refractivity (Wildman–Crippen MR) is 86.2 cm³/mol. The molecule has 2 aromatic rings. The highest BCUT2D eigenvalue weighted by atomic mass is 79.9. The summed E-state index contributed by atoms with van der Waals surface area (Å²) in [5.74, 6) is 1.03. The summed E-state index contributed by atoms with van der Waals surface area (Å²) in [6.45, 7) is 2.31. The zero-order valence-electron chi connectivity index (χ0n) is 11.9. The second kappa shape index (κ2) is 5.66. The average Bonchev–Trinajstić information content (AvgIpc) is 2.47. The van der Waals surface area contributed by atoms with E-state index in [1.807, 2.05) is 12.1 Å². The van der Waals surface area contributed by atoms with Crippen molar-refractivity contribution in [1.82, 2.24) is 14.9 Å². The molecule has 0 atom stereocenters.